The zero-order chi connectivity index (χ0) is 8.32. The number of hydrogen-bond donors (Lipinski definition) is 1. The third-order valence-electron chi connectivity index (χ3n) is 1.92. The van der Waals surface area contributed by atoms with Crippen LogP contribution in [0, 0.1) is 0 Å². The van der Waals surface area contributed by atoms with Crippen LogP contribution in [0.5, 0.6) is 0 Å². The van der Waals surface area contributed by atoms with Gasteiger partial charge in [-0.25, -0.2) is 4.39 Å². The molecule has 1 rings (SSSR count). The van der Waals surface area contributed by atoms with E-state index >= 15 is 0 Å². The Kier molecular flexibility index (Phi) is 2.29. The standard InChI is InChI=1S/C8H12FNO/c1-2-8(9,6-10)7-3-4-11-5-7/h3-5H,2,6,10H2,1H3. The van der Waals surface area contributed by atoms with Crippen LogP contribution in [-0.2, 0) is 5.67 Å². The van der Waals surface area contributed by atoms with E-state index in [0.29, 0.717) is 12.0 Å². The van der Waals surface area contributed by atoms with E-state index in [-0.39, 0.29) is 6.54 Å². The van der Waals surface area contributed by atoms with Crippen molar-refractivity contribution in [3.05, 3.63) is 24.2 Å². The van der Waals surface area contributed by atoms with E-state index in [2.05, 4.69) is 0 Å². The summed E-state index contributed by atoms with van der Waals surface area (Å²) in [6.45, 7) is 1.77. The van der Waals surface area contributed by atoms with Crippen LogP contribution in [0.2, 0.25) is 0 Å². The molecular formula is C8H12FNO. The second-order valence-corrected chi connectivity index (χ2v) is 2.54. The molecule has 0 aliphatic carbocycles. The lowest BCUT2D eigenvalue weighted by Crippen LogP contribution is -2.28. The molecule has 1 heterocycles. The lowest BCUT2D eigenvalue weighted by Gasteiger charge is -2.19. The molecule has 0 saturated carbocycles. The van der Waals surface area contributed by atoms with E-state index in [1.165, 1.54) is 12.5 Å². The molecule has 0 radical (unpaired) electrons. The quantitative estimate of drug-likeness (QED) is 0.726. The second-order valence-electron chi connectivity index (χ2n) is 2.54. The third kappa shape index (κ3) is 1.43. The Morgan fingerprint density at radius 1 is 1.73 bits per heavy atom. The molecule has 3 heteroatoms. The number of furan rings is 1. The Bertz CT molecular complexity index is 204. The van der Waals surface area contributed by atoms with Gasteiger partial charge in [0.25, 0.3) is 0 Å². The van der Waals surface area contributed by atoms with Crippen LogP contribution in [0.3, 0.4) is 0 Å². The Balaban J connectivity index is 2.87. The van der Waals surface area contributed by atoms with Crippen molar-refractivity contribution >= 4 is 0 Å². The number of alkyl halides is 1. The summed E-state index contributed by atoms with van der Waals surface area (Å²) in [6.07, 6.45) is 3.23. The summed E-state index contributed by atoms with van der Waals surface area (Å²) < 4.78 is 18.4. The number of halogens is 1. The van der Waals surface area contributed by atoms with Gasteiger partial charge in [0.1, 0.15) is 0 Å². The zero-order valence-electron chi connectivity index (χ0n) is 6.51. The highest BCUT2D eigenvalue weighted by Crippen LogP contribution is 2.28. The average Bonchev–Trinajstić information content (AvgIpc) is 2.55. The fourth-order valence-corrected chi connectivity index (χ4v) is 0.986. The maximum atomic E-state index is 13.6. The second kappa shape index (κ2) is 3.05. The highest BCUT2D eigenvalue weighted by atomic mass is 19.1. The fourth-order valence-electron chi connectivity index (χ4n) is 0.986. The molecule has 0 saturated heterocycles. The SMILES string of the molecule is CCC(F)(CN)c1ccoc1. The van der Waals surface area contributed by atoms with Gasteiger partial charge in [-0.3, -0.25) is 0 Å². The molecule has 1 atom stereocenters. The lowest BCUT2D eigenvalue weighted by molar-refractivity contribution is 0.168. The summed E-state index contributed by atoms with van der Waals surface area (Å²) in [5.41, 5.74) is 4.41. The van der Waals surface area contributed by atoms with Gasteiger partial charge in [0.05, 0.1) is 12.5 Å². The van der Waals surface area contributed by atoms with Gasteiger partial charge in [-0.1, -0.05) is 6.92 Å². The van der Waals surface area contributed by atoms with E-state index in [4.69, 9.17) is 10.2 Å². The van der Waals surface area contributed by atoms with Gasteiger partial charge in [0.2, 0.25) is 0 Å². The Morgan fingerprint density at radius 3 is 2.82 bits per heavy atom. The van der Waals surface area contributed by atoms with Crippen LogP contribution < -0.4 is 5.73 Å². The molecular weight excluding hydrogens is 145 g/mol. The van der Waals surface area contributed by atoms with E-state index in [1.54, 1.807) is 13.0 Å². The number of hydrogen-bond acceptors (Lipinski definition) is 2. The predicted molar refractivity (Wildman–Crippen MR) is 40.8 cm³/mol. The minimum Gasteiger partial charge on any atom is -0.472 e. The van der Waals surface area contributed by atoms with Crippen LogP contribution >= 0.6 is 0 Å². The maximum Gasteiger partial charge on any atom is 0.150 e. The minimum atomic E-state index is -1.41. The Hall–Kier alpha value is -0.830. The summed E-state index contributed by atoms with van der Waals surface area (Å²) in [5, 5.41) is 0. The van der Waals surface area contributed by atoms with Gasteiger partial charge in [-0.2, -0.15) is 0 Å². The van der Waals surface area contributed by atoms with Gasteiger partial charge in [-0.15, -0.1) is 0 Å². The van der Waals surface area contributed by atoms with E-state index in [9.17, 15) is 4.39 Å². The van der Waals surface area contributed by atoms with Gasteiger partial charge < -0.3 is 10.2 Å². The summed E-state index contributed by atoms with van der Waals surface area (Å²) >= 11 is 0. The molecule has 0 aliphatic rings. The first-order valence-electron chi connectivity index (χ1n) is 3.64. The summed E-state index contributed by atoms with van der Waals surface area (Å²) in [6, 6.07) is 1.61. The molecule has 2 nitrogen and oxygen atoms in total. The summed E-state index contributed by atoms with van der Waals surface area (Å²) in [5.74, 6) is 0. The van der Waals surface area contributed by atoms with Crippen LogP contribution in [-0.4, -0.2) is 6.54 Å². The largest absolute Gasteiger partial charge is 0.472 e. The molecule has 11 heavy (non-hydrogen) atoms. The predicted octanol–water partition coefficient (Wildman–Crippen LogP) is 1.81. The molecule has 0 fully saturated rings. The van der Waals surface area contributed by atoms with E-state index in [1.807, 2.05) is 0 Å². The van der Waals surface area contributed by atoms with Crippen molar-refractivity contribution < 1.29 is 8.81 Å². The maximum absolute atomic E-state index is 13.6. The molecule has 0 aromatic carbocycles. The first-order valence-corrected chi connectivity index (χ1v) is 3.64. The zero-order valence-corrected chi connectivity index (χ0v) is 6.51. The highest BCUT2D eigenvalue weighted by molar-refractivity contribution is 5.16. The summed E-state index contributed by atoms with van der Waals surface area (Å²) in [7, 11) is 0. The highest BCUT2D eigenvalue weighted by Gasteiger charge is 2.28. The first kappa shape index (κ1) is 8.27. The topological polar surface area (TPSA) is 39.2 Å². The molecule has 0 spiro atoms. The minimum absolute atomic E-state index is 0.00301. The van der Waals surface area contributed by atoms with Gasteiger partial charge in [-0.05, 0) is 12.5 Å². The lowest BCUT2D eigenvalue weighted by atomic mass is 9.96. The molecule has 2 N–H and O–H groups in total. The van der Waals surface area contributed by atoms with E-state index < -0.39 is 5.67 Å². The van der Waals surface area contributed by atoms with E-state index in [0.717, 1.165) is 0 Å². The first-order chi connectivity index (χ1) is 5.23. The number of nitrogens with two attached hydrogens (primary N) is 1. The van der Waals surface area contributed by atoms with Crippen LogP contribution in [0.4, 0.5) is 4.39 Å². The molecule has 0 bridgehead atoms. The van der Waals surface area contributed by atoms with Crippen LogP contribution in [0.25, 0.3) is 0 Å². The smallest absolute Gasteiger partial charge is 0.150 e. The third-order valence-corrected chi connectivity index (χ3v) is 1.92. The van der Waals surface area contributed by atoms with Crippen LogP contribution in [0.1, 0.15) is 18.9 Å². The number of rotatable bonds is 3. The average molecular weight is 157 g/mol. The van der Waals surface area contributed by atoms with Gasteiger partial charge in [0.15, 0.2) is 5.67 Å². The molecule has 1 aromatic rings. The Labute approximate surface area is 65.2 Å². The summed E-state index contributed by atoms with van der Waals surface area (Å²) in [4.78, 5) is 0. The molecule has 62 valence electrons. The van der Waals surface area contributed by atoms with Crippen LogP contribution in [0.15, 0.2) is 23.0 Å². The van der Waals surface area contributed by atoms with Crippen molar-refractivity contribution in [1.29, 1.82) is 0 Å². The van der Waals surface area contributed by atoms with Crippen molar-refractivity contribution in [1.82, 2.24) is 0 Å². The molecule has 1 aromatic heterocycles. The molecule has 0 amide bonds. The molecule has 0 aliphatic heterocycles. The van der Waals surface area contributed by atoms with Gasteiger partial charge in [0, 0.05) is 12.1 Å². The Morgan fingerprint density at radius 2 is 2.45 bits per heavy atom. The van der Waals surface area contributed by atoms with Crippen molar-refractivity contribution in [3.63, 3.8) is 0 Å². The molecule has 1 unspecified atom stereocenters. The van der Waals surface area contributed by atoms with Gasteiger partial charge >= 0.3 is 0 Å². The fraction of sp³-hybridized carbons (Fsp3) is 0.500. The van der Waals surface area contributed by atoms with Crippen molar-refractivity contribution in [2.45, 2.75) is 19.0 Å². The van der Waals surface area contributed by atoms with Crippen molar-refractivity contribution in [3.8, 4) is 0 Å². The monoisotopic (exact) mass is 157 g/mol. The normalized spacial score (nSPS) is 16.3. The van der Waals surface area contributed by atoms with Crippen molar-refractivity contribution in [2.75, 3.05) is 6.54 Å². The van der Waals surface area contributed by atoms with Crippen molar-refractivity contribution in [2.24, 2.45) is 5.73 Å².